The molecule has 2 heterocycles. The number of amides is 1. The van der Waals surface area contributed by atoms with Gasteiger partial charge in [-0.3, -0.25) is 14.3 Å². The van der Waals surface area contributed by atoms with E-state index >= 15 is 0 Å². The highest BCUT2D eigenvalue weighted by Crippen LogP contribution is 2.29. The van der Waals surface area contributed by atoms with Crippen molar-refractivity contribution in [3.8, 4) is 5.75 Å². The first-order chi connectivity index (χ1) is 12.5. The van der Waals surface area contributed by atoms with E-state index in [9.17, 15) is 9.59 Å². The quantitative estimate of drug-likeness (QED) is 0.616. The van der Waals surface area contributed by atoms with E-state index in [2.05, 4.69) is 17.3 Å². The number of aryl methyl sites for hydroxylation is 2. The molecular weight excluding hydrogens is 354 g/mol. The Kier molecular flexibility index (Phi) is 5.42. The molecule has 0 fully saturated rings. The van der Waals surface area contributed by atoms with E-state index in [1.165, 1.54) is 6.08 Å². The highest BCUT2D eigenvalue weighted by Gasteiger charge is 2.17. The van der Waals surface area contributed by atoms with Crippen LogP contribution in [0.25, 0.3) is 6.08 Å². The number of allylic oxidation sites excluding steroid dienone is 1. The molecule has 0 spiro atoms. The molecule has 1 aliphatic rings. The van der Waals surface area contributed by atoms with Crippen molar-refractivity contribution in [3.05, 3.63) is 46.2 Å². The zero-order valence-electron chi connectivity index (χ0n) is 14.7. The zero-order valence-corrected chi connectivity index (χ0v) is 15.5. The Morgan fingerprint density at radius 1 is 1.46 bits per heavy atom. The Labute approximate surface area is 156 Å². The third-order valence-electron chi connectivity index (χ3n) is 4.13. The smallest absolute Gasteiger partial charge is 0.262 e. The molecule has 1 aromatic carbocycles. The van der Waals surface area contributed by atoms with E-state index in [4.69, 9.17) is 16.3 Å². The van der Waals surface area contributed by atoms with Gasteiger partial charge in [-0.05, 0) is 43.7 Å². The Morgan fingerprint density at radius 3 is 3.04 bits per heavy atom. The maximum absolute atomic E-state index is 12.5. The Balaban J connectivity index is 1.79. The Hall–Kier alpha value is -2.60. The lowest BCUT2D eigenvalue weighted by atomic mass is 10.1. The first-order valence-electron chi connectivity index (χ1n) is 8.51. The number of nitrogens with zero attached hydrogens (tertiary/aromatic N) is 2. The number of ether oxygens (including phenoxy) is 1. The van der Waals surface area contributed by atoms with Crippen LogP contribution in [-0.2, 0) is 11.3 Å². The van der Waals surface area contributed by atoms with E-state index in [-0.39, 0.29) is 18.3 Å². The second-order valence-corrected chi connectivity index (χ2v) is 6.47. The predicted molar refractivity (Wildman–Crippen MR) is 101 cm³/mol. The SMILES string of the molecule is CCCCn1nc(C)c(C=CC(=O)c2ccc3c(c2)NC(=O)CO3)c1Cl. The van der Waals surface area contributed by atoms with Crippen LogP contribution in [0.2, 0.25) is 5.15 Å². The number of ketones is 1. The van der Waals surface area contributed by atoms with Crippen LogP contribution in [0.3, 0.4) is 0 Å². The van der Waals surface area contributed by atoms with Crippen molar-refractivity contribution in [2.24, 2.45) is 0 Å². The van der Waals surface area contributed by atoms with Gasteiger partial charge in [0.05, 0.1) is 11.4 Å². The highest BCUT2D eigenvalue weighted by molar-refractivity contribution is 6.31. The molecule has 0 aliphatic carbocycles. The minimum atomic E-state index is -0.237. The molecule has 0 bridgehead atoms. The summed E-state index contributed by atoms with van der Waals surface area (Å²) in [6.07, 6.45) is 5.20. The molecule has 26 heavy (non-hydrogen) atoms. The van der Waals surface area contributed by atoms with Crippen LogP contribution in [0.1, 0.15) is 41.4 Å². The van der Waals surface area contributed by atoms with Crippen molar-refractivity contribution in [1.29, 1.82) is 0 Å². The van der Waals surface area contributed by atoms with Crippen LogP contribution < -0.4 is 10.1 Å². The first kappa shape index (κ1) is 18.2. The van der Waals surface area contributed by atoms with Gasteiger partial charge in [0.2, 0.25) is 0 Å². The predicted octanol–water partition coefficient (Wildman–Crippen LogP) is 3.87. The minimum Gasteiger partial charge on any atom is -0.482 e. The second-order valence-electron chi connectivity index (χ2n) is 6.11. The lowest BCUT2D eigenvalue weighted by molar-refractivity contribution is -0.118. The van der Waals surface area contributed by atoms with Gasteiger partial charge in [0.25, 0.3) is 5.91 Å². The summed E-state index contributed by atoms with van der Waals surface area (Å²) in [5, 5.41) is 7.65. The maximum Gasteiger partial charge on any atom is 0.262 e. The first-order valence-corrected chi connectivity index (χ1v) is 8.89. The van der Waals surface area contributed by atoms with E-state index < -0.39 is 0 Å². The van der Waals surface area contributed by atoms with Gasteiger partial charge < -0.3 is 10.1 Å². The number of carbonyl (C=O) groups is 2. The van der Waals surface area contributed by atoms with Gasteiger partial charge in [-0.25, -0.2) is 0 Å². The molecule has 0 saturated carbocycles. The maximum atomic E-state index is 12.5. The monoisotopic (exact) mass is 373 g/mol. The summed E-state index contributed by atoms with van der Waals surface area (Å²) in [5.41, 5.74) is 2.48. The summed E-state index contributed by atoms with van der Waals surface area (Å²) >= 11 is 6.38. The summed E-state index contributed by atoms with van der Waals surface area (Å²) in [6, 6.07) is 4.96. The van der Waals surface area contributed by atoms with Gasteiger partial charge in [0, 0.05) is 17.7 Å². The topological polar surface area (TPSA) is 73.2 Å². The number of unbranched alkanes of at least 4 members (excludes halogenated alkanes) is 1. The molecule has 1 N–H and O–H groups in total. The number of hydrogen-bond acceptors (Lipinski definition) is 4. The fraction of sp³-hybridized carbons (Fsp3) is 0.316. The normalized spacial score (nSPS) is 13.4. The average Bonchev–Trinajstić information content (AvgIpc) is 2.90. The van der Waals surface area contributed by atoms with Gasteiger partial charge in [0.1, 0.15) is 10.9 Å². The summed E-state index contributed by atoms with van der Waals surface area (Å²) in [7, 11) is 0. The van der Waals surface area contributed by atoms with Crippen molar-refractivity contribution in [2.75, 3.05) is 11.9 Å². The molecule has 1 amide bonds. The number of anilines is 1. The summed E-state index contributed by atoms with van der Waals surface area (Å²) in [6.45, 7) is 4.71. The number of aromatic nitrogens is 2. The molecule has 2 aromatic rings. The molecule has 0 atom stereocenters. The number of hydrogen-bond donors (Lipinski definition) is 1. The van der Waals surface area contributed by atoms with E-state index in [0.717, 1.165) is 30.6 Å². The van der Waals surface area contributed by atoms with E-state index in [1.54, 1.807) is 29.0 Å². The van der Waals surface area contributed by atoms with Gasteiger partial charge in [0.15, 0.2) is 12.4 Å². The molecule has 3 rings (SSSR count). The van der Waals surface area contributed by atoms with Crippen LogP contribution >= 0.6 is 11.6 Å². The molecule has 0 saturated heterocycles. The average molecular weight is 374 g/mol. The number of carbonyl (C=O) groups excluding carboxylic acids is 2. The molecule has 7 heteroatoms. The van der Waals surface area contributed by atoms with E-state index in [1.807, 2.05) is 6.92 Å². The summed E-state index contributed by atoms with van der Waals surface area (Å²) in [4.78, 5) is 23.9. The number of benzene rings is 1. The van der Waals surface area contributed by atoms with Crippen LogP contribution in [0.5, 0.6) is 5.75 Å². The van der Waals surface area contributed by atoms with Crippen LogP contribution in [0.15, 0.2) is 24.3 Å². The van der Waals surface area contributed by atoms with Crippen LogP contribution in [-0.4, -0.2) is 28.1 Å². The number of nitrogens with one attached hydrogen (secondary N) is 1. The largest absolute Gasteiger partial charge is 0.482 e. The van der Waals surface area contributed by atoms with Crippen molar-refractivity contribution in [3.63, 3.8) is 0 Å². The number of halogens is 1. The number of fused-ring (bicyclic) bond motifs is 1. The molecule has 136 valence electrons. The van der Waals surface area contributed by atoms with E-state index in [0.29, 0.717) is 22.2 Å². The standard InChI is InChI=1S/C19H20ClN3O3/c1-3-4-9-23-19(20)14(12(2)22-23)6-7-16(24)13-5-8-17-15(10-13)21-18(25)11-26-17/h5-8,10H,3-4,9,11H2,1-2H3,(H,21,25). The molecule has 1 aliphatic heterocycles. The lowest BCUT2D eigenvalue weighted by Crippen LogP contribution is -2.25. The molecule has 0 unspecified atom stereocenters. The second kappa shape index (κ2) is 7.74. The van der Waals surface area contributed by atoms with Crippen LogP contribution in [0, 0.1) is 6.92 Å². The lowest BCUT2D eigenvalue weighted by Gasteiger charge is -2.17. The summed E-state index contributed by atoms with van der Waals surface area (Å²) < 4.78 is 7.06. The van der Waals surface area contributed by atoms with Crippen molar-refractivity contribution in [1.82, 2.24) is 9.78 Å². The fourth-order valence-electron chi connectivity index (χ4n) is 2.70. The minimum absolute atomic E-state index is 0.0139. The molecule has 6 nitrogen and oxygen atoms in total. The van der Waals surface area contributed by atoms with Gasteiger partial charge in [-0.15, -0.1) is 0 Å². The molecule has 1 aromatic heterocycles. The third kappa shape index (κ3) is 3.80. The molecular formula is C19H20ClN3O3. The Morgan fingerprint density at radius 2 is 2.27 bits per heavy atom. The third-order valence-corrected chi connectivity index (χ3v) is 4.53. The van der Waals surface area contributed by atoms with Gasteiger partial charge >= 0.3 is 0 Å². The fourth-order valence-corrected chi connectivity index (χ4v) is 3.03. The van der Waals surface area contributed by atoms with Gasteiger partial charge in [-0.1, -0.05) is 24.9 Å². The highest BCUT2D eigenvalue weighted by atomic mass is 35.5. The van der Waals surface area contributed by atoms with Crippen molar-refractivity contribution < 1.29 is 14.3 Å². The number of rotatable bonds is 6. The Bertz CT molecular complexity index is 886. The van der Waals surface area contributed by atoms with Crippen LogP contribution in [0.4, 0.5) is 5.69 Å². The zero-order chi connectivity index (χ0) is 18.7. The van der Waals surface area contributed by atoms with Gasteiger partial charge in [-0.2, -0.15) is 5.10 Å². The van der Waals surface area contributed by atoms with Crippen molar-refractivity contribution in [2.45, 2.75) is 33.2 Å². The molecule has 0 radical (unpaired) electrons. The van der Waals surface area contributed by atoms with Crippen molar-refractivity contribution >= 4 is 35.1 Å². The summed E-state index contributed by atoms with van der Waals surface area (Å²) in [5.74, 6) is 0.130.